The molecule has 6 rings (SSSR count). The molecule has 2 amide bonds. The van der Waals surface area contributed by atoms with Crippen molar-refractivity contribution in [2.75, 3.05) is 26.2 Å². The molecule has 2 unspecified atom stereocenters. The van der Waals surface area contributed by atoms with Crippen LogP contribution in [-0.2, 0) is 29.2 Å². The summed E-state index contributed by atoms with van der Waals surface area (Å²) >= 11 is 4.83. The Bertz CT molecular complexity index is 1330. The van der Waals surface area contributed by atoms with E-state index in [4.69, 9.17) is 12.6 Å². The Labute approximate surface area is 229 Å². The summed E-state index contributed by atoms with van der Waals surface area (Å²) in [4.78, 5) is 35.8. The summed E-state index contributed by atoms with van der Waals surface area (Å²) in [5.74, 6) is -0.383. The summed E-state index contributed by atoms with van der Waals surface area (Å²) in [5, 5.41) is 2.36. The Morgan fingerprint density at radius 1 is 0.921 bits per heavy atom. The fourth-order valence-electron chi connectivity index (χ4n) is 5.91. The Hall–Kier alpha value is -3.04. The van der Waals surface area contributed by atoms with Crippen molar-refractivity contribution in [2.24, 2.45) is 0 Å². The second-order valence-corrected chi connectivity index (χ2v) is 11.0. The Morgan fingerprint density at radius 2 is 1.68 bits per heavy atom. The number of carbonyl (C=O) groups is 2. The van der Waals surface area contributed by atoms with Crippen LogP contribution in [0.2, 0.25) is 0 Å². The quantitative estimate of drug-likeness (QED) is 0.377. The van der Waals surface area contributed by atoms with Gasteiger partial charge >= 0.3 is 0 Å². The third-order valence-electron chi connectivity index (χ3n) is 7.97. The predicted octanol–water partition coefficient (Wildman–Crippen LogP) is 3.62. The fraction of sp³-hybridized carbons (Fsp3) is 0.367. The lowest BCUT2D eigenvalue weighted by atomic mass is 10.0. The van der Waals surface area contributed by atoms with Gasteiger partial charge in [-0.2, -0.15) is 12.6 Å². The average Bonchev–Trinajstić information content (AvgIpc) is 3.26. The van der Waals surface area contributed by atoms with Crippen molar-refractivity contribution < 1.29 is 9.59 Å². The van der Waals surface area contributed by atoms with E-state index >= 15 is 0 Å². The van der Waals surface area contributed by atoms with Crippen molar-refractivity contribution >= 4 is 24.4 Å². The molecule has 0 aliphatic carbocycles. The molecule has 3 aliphatic heterocycles. The Balaban J connectivity index is 1.05. The maximum absolute atomic E-state index is 12.4. The summed E-state index contributed by atoms with van der Waals surface area (Å²) in [5.41, 5.74) is 7.20. The number of carbonyl (C=O) groups excluding carboxylic acids is 2. The van der Waals surface area contributed by atoms with E-state index in [1.54, 1.807) is 0 Å². The predicted molar refractivity (Wildman–Crippen MR) is 150 cm³/mol. The first kappa shape index (κ1) is 25.2. The van der Waals surface area contributed by atoms with E-state index in [9.17, 15) is 9.59 Å². The molecule has 2 atom stereocenters. The number of hydrogen-bond donors (Lipinski definition) is 2. The average molecular weight is 528 g/mol. The molecule has 2 saturated heterocycles. The number of rotatable bonds is 6. The number of fused-ring (bicyclic) bond motifs is 1. The topological polar surface area (TPSA) is 68.8 Å². The molecular formula is C30H33N5O2S. The molecule has 8 heteroatoms. The van der Waals surface area contributed by atoms with Crippen molar-refractivity contribution in [3.63, 3.8) is 0 Å². The molecule has 0 saturated carbocycles. The number of thiol groups is 1. The zero-order valence-electron chi connectivity index (χ0n) is 21.4. The highest BCUT2D eigenvalue weighted by atomic mass is 32.1. The smallest absolute Gasteiger partial charge is 0.243 e. The van der Waals surface area contributed by atoms with Crippen LogP contribution in [-0.4, -0.2) is 63.7 Å². The van der Waals surface area contributed by atoms with Crippen LogP contribution in [0, 0.1) is 0 Å². The molecule has 3 aromatic rings. The van der Waals surface area contributed by atoms with Gasteiger partial charge in [-0.25, -0.2) is 0 Å². The Kier molecular flexibility index (Phi) is 7.30. The highest BCUT2D eigenvalue weighted by Gasteiger charge is 2.39. The van der Waals surface area contributed by atoms with E-state index in [0.29, 0.717) is 19.4 Å². The Morgan fingerprint density at radius 3 is 2.45 bits per heavy atom. The summed E-state index contributed by atoms with van der Waals surface area (Å²) in [6.07, 6.45) is 2.81. The number of imide groups is 1. The first-order valence-electron chi connectivity index (χ1n) is 13.4. The number of aromatic nitrogens is 1. The van der Waals surface area contributed by atoms with E-state index < -0.39 is 0 Å². The van der Waals surface area contributed by atoms with E-state index in [1.807, 2.05) is 18.3 Å². The van der Waals surface area contributed by atoms with Crippen LogP contribution < -0.4 is 5.32 Å². The molecule has 0 radical (unpaired) electrons. The molecule has 1 N–H and O–H groups in total. The van der Waals surface area contributed by atoms with Crippen molar-refractivity contribution in [1.82, 2.24) is 25.0 Å². The van der Waals surface area contributed by atoms with Gasteiger partial charge in [0.1, 0.15) is 0 Å². The van der Waals surface area contributed by atoms with Crippen LogP contribution in [0.4, 0.5) is 0 Å². The van der Waals surface area contributed by atoms with Crippen molar-refractivity contribution in [2.45, 2.75) is 43.9 Å². The lowest BCUT2D eigenvalue weighted by molar-refractivity contribution is -0.137. The zero-order chi connectivity index (χ0) is 26.1. The van der Waals surface area contributed by atoms with Crippen LogP contribution in [0.3, 0.4) is 0 Å². The van der Waals surface area contributed by atoms with Gasteiger partial charge in [-0.05, 0) is 34.7 Å². The number of nitrogens with zero attached hydrogens (tertiary/aromatic N) is 4. The van der Waals surface area contributed by atoms with Crippen LogP contribution in [0.1, 0.15) is 40.5 Å². The molecule has 0 spiro atoms. The van der Waals surface area contributed by atoms with E-state index in [0.717, 1.165) is 56.1 Å². The fourth-order valence-corrected chi connectivity index (χ4v) is 6.41. The van der Waals surface area contributed by atoms with Gasteiger partial charge in [-0.15, -0.1) is 0 Å². The van der Waals surface area contributed by atoms with Gasteiger partial charge in [-0.1, -0.05) is 54.6 Å². The van der Waals surface area contributed by atoms with Gasteiger partial charge in [0.2, 0.25) is 11.8 Å². The lowest BCUT2D eigenvalue weighted by Crippen LogP contribution is -2.51. The molecular weight excluding hydrogens is 494 g/mol. The molecule has 196 valence electrons. The van der Waals surface area contributed by atoms with Gasteiger partial charge in [0, 0.05) is 64.0 Å². The van der Waals surface area contributed by atoms with Crippen molar-refractivity contribution in [1.29, 1.82) is 0 Å². The first-order valence-corrected chi connectivity index (χ1v) is 13.9. The molecule has 2 fully saturated rings. The van der Waals surface area contributed by atoms with Crippen LogP contribution >= 0.6 is 12.6 Å². The number of amides is 2. The molecule has 38 heavy (non-hydrogen) atoms. The normalized spacial score (nSPS) is 22.9. The molecule has 1 aromatic heterocycles. The molecule has 4 heterocycles. The lowest BCUT2D eigenvalue weighted by Gasteiger charge is -2.35. The van der Waals surface area contributed by atoms with Crippen LogP contribution in [0.5, 0.6) is 0 Å². The van der Waals surface area contributed by atoms with E-state index in [-0.39, 0.29) is 23.2 Å². The third kappa shape index (κ3) is 5.27. The highest BCUT2D eigenvalue weighted by Crippen LogP contribution is 2.39. The zero-order valence-corrected chi connectivity index (χ0v) is 22.3. The summed E-state index contributed by atoms with van der Waals surface area (Å²) in [7, 11) is 0. The second kappa shape index (κ2) is 11.0. The monoisotopic (exact) mass is 527 g/mol. The number of nitrogens with one attached hydrogen (secondary N) is 1. The molecule has 0 bridgehead atoms. The van der Waals surface area contributed by atoms with Crippen LogP contribution in [0.25, 0.3) is 11.3 Å². The van der Waals surface area contributed by atoms with Crippen molar-refractivity contribution in [3.8, 4) is 11.3 Å². The minimum Gasteiger partial charge on any atom is -0.297 e. The molecule has 7 nitrogen and oxygen atoms in total. The number of piperazine rings is 1. The van der Waals surface area contributed by atoms with Crippen molar-refractivity contribution in [3.05, 3.63) is 89.1 Å². The third-order valence-corrected chi connectivity index (χ3v) is 8.54. The van der Waals surface area contributed by atoms with Gasteiger partial charge in [0.05, 0.1) is 17.1 Å². The number of benzene rings is 2. The van der Waals surface area contributed by atoms with Crippen LogP contribution in [0.15, 0.2) is 66.9 Å². The van der Waals surface area contributed by atoms with Gasteiger partial charge in [0.15, 0.2) is 0 Å². The first-order chi connectivity index (χ1) is 18.5. The standard InChI is InChI=1S/C30H33N5O2S/c36-27-11-10-26(29(37)32-27)35-20-24-17-21(8-9-25(24)30(35)38)18-33-13-15-34(16-14-33)19-23-7-4-12-31-28(23)22-5-2-1-3-6-22/h1-9,12,17,26,30,38H,10-11,13-16,18-20H2,(H,32,36,37). The number of hydrogen-bond acceptors (Lipinski definition) is 7. The minimum atomic E-state index is -0.304. The number of pyridine rings is 1. The molecule has 3 aliphatic rings. The summed E-state index contributed by atoms with van der Waals surface area (Å²) in [6.45, 7) is 6.60. The maximum Gasteiger partial charge on any atom is 0.243 e. The van der Waals surface area contributed by atoms with E-state index in [2.05, 4.69) is 73.5 Å². The summed E-state index contributed by atoms with van der Waals surface area (Å²) < 4.78 is 0. The summed E-state index contributed by atoms with van der Waals surface area (Å²) in [6, 6.07) is 21.0. The van der Waals surface area contributed by atoms with Gasteiger partial charge in [-0.3, -0.25) is 34.6 Å². The van der Waals surface area contributed by atoms with Gasteiger partial charge in [0.25, 0.3) is 0 Å². The molecule has 2 aromatic carbocycles. The maximum atomic E-state index is 12.4. The van der Waals surface area contributed by atoms with Gasteiger partial charge < -0.3 is 0 Å². The second-order valence-electron chi connectivity index (χ2n) is 10.5. The SMILES string of the molecule is O=C1CCC(N2Cc3cc(CN4CCN(Cc5cccnc5-c5ccccc5)CC4)ccc3C2S)C(=O)N1. The largest absolute Gasteiger partial charge is 0.297 e. The van der Waals surface area contributed by atoms with E-state index in [1.165, 1.54) is 16.7 Å². The highest BCUT2D eigenvalue weighted by molar-refractivity contribution is 7.80. The minimum absolute atomic E-state index is 0.125. The number of piperidine rings is 1.